The molecule has 2 fully saturated rings. The lowest BCUT2D eigenvalue weighted by Gasteiger charge is -2.42. The number of non-ortho nitro benzene ring substituents is 1. The predicted octanol–water partition coefficient (Wildman–Crippen LogP) is 4.00. The molecule has 0 spiro atoms. The minimum absolute atomic E-state index is 0.0779. The molecule has 1 aromatic rings. The highest BCUT2D eigenvalue weighted by Gasteiger charge is 2.30. The Bertz CT molecular complexity index is 742. The number of carbonyl (C=O) groups is 1. The molecular weight excluding hydrogens is 389 g/mol. The van der Waals surface area contributed by atoms with Crippen LogP contribution >= 0.6 is 0 Å². The number of carbonyl (C=O) groups excluding carboxylic acids is 1. The fourth-order valence-corrected chi connectivity index (χ4v) is 4.46. The van der Waals surface area contributed by atoms with E-state index in [-0.39, 0.29) is 11.7 Å². The fourth-order valence-electron chi connectivity index (χ4n) is 4.46. The van der Waals surface area contributed by atoms with Crippen LogP contribution in [0.15, 0.2) is 18.2 Å². The second-order valence-electron chi connectivity index (χ2n) is 8.87. The first kappa shape index (κ1) is 22.5. The molecule has 2 aliphatic rings. The number of nitrogens with zero attached hydrogens (tertiary/aromatic N) is 3. The largest absolute Gasteiger partial charge is 0.465 e. The Morgan fingerprint density at radius 1 is 1.20 bits per heavy atom. The summed E-state index contributed by atoms with van der Waals surface area (Å²) in [7, 11) is 0. The zero-order valence-corrected chi connectivity index (χ0v) is 17.9. The Hall–Kier alpha value is -2.22. The van der Waals surface area contributed by atoms with Gasteiger partial charge in [-0.05, 0) is 43.6 Å². The van der Waals surface area contributed by atoms with Crippen LogP contribution in [0, 0.1) is 27.8 Å². The number of hydrogen-bond acceptors (Lipinski definition) is 6. The first-order valence-corrected chi connectivity index (χ1v) is 10.9. The quantitative estimate of drug-likeness (QED) is 0.376. The van der Waals surface area contributed by atoms with Gasteiger partial charge < -0.3 is 9.64 Å². The highest BCUT2D eigenvalue weighted by Crippen LogP contribution is 2.31. The molecule has 30 heavy (non-hydrogen) atoms. The van der Waals surface area contributed by atoms with E-state index in [1.54, 1.807) is 0 Å². The van der Waals surface area contributed by atoms with Crippen LogP contribution in [0.25, 0.3) is 0 Å². The second kappa shape index (κ2) is 10.2. The minimum atomic E-state index is -0.578. The van der Waals surface area contributed by atoms with E-state index >= 15 is 0 Å². The smallest absolute Gasteiger partial charge is 0.306 e. The van der Waals surface area contributed by atoms with Crippen molar-refractivity contribution in [1.82, 2.24) is 4.90 Å². The molecule has 166 valence electrons. The Labute approximate surface area is 177 Å². The molecule has 1 saturated heterocycles. The van der Waals surface area contributed by atoms with E-state index in [0.29, 0.717) is 49.7 Å². The molecule has 0 radical (unpaired) electrons. The summed E-state index contributed by atoms with van der Waals surface area (Å²) in [5, 5.41) is 10.8. The average Bonchev–Trinajstić information content (AvgIpc) is 2.73. The molecule has 0 amide bonds. The van der Waals surface area contributed by atoms with Crippen molar-refractivity contribution >= 4 is 17.3 Å². The van der Waals surface area contributed by atoms with Crippen molar-refractivity contribution in [3.05, 3.63) is 34.1 Å². The van der Waals surface area contributed by atoms with Gasteiger partial charge in [-0.15, -0.1) is 0 Å². The summed E-state index contributed by atoms with van der Waals surface area (Å²) in [5.41, 5.74) is 0.212. The van der Waals surface area contributed by atoms with Crippen molar-refractivity contribution in [2.24, 2.45) is 11.8 Å². The monoisotopic (exact) mass is 421 g/mol. The van der Waals surface area contributed by atoms with Crippen LogP contribution in [0.4, 0.5) is 15.8 Å². The lowest BCUT2D eigenvalue weighted by atomic mass is 9.83. The molecule has 1 aliphatic carbocycles. The number of halogens is 1. The number of hydrogen-bond donors (Lipinski definition) is 0. The van der Waals surface area contributed by atoms with E-state index in [0.717, 1.165) is 44.8 Å². The standard InChI is InChI=1S/C22H32FN3O4/c1-16(2)15-30-22(27)13-17-3-5-18(6-4-17)24-9-11-25(12-10-24)21-8-7-19(26(28)29)14-20(21)23/h7-8,14,16-18H,3-6,9-13,15H2,1-2H3. The maximum Gasteiger partial charge on any atom is 0.306 e. The van der Waals surface area contributed by atoms with Gasteiger partial charge in [0.15, 0.2) is 5.82 Å². The molecule has 1 saturated carbocycles. The third-order valence-electron chi connectivity index (χ3n) is 6.16. The van der Waals surface area contributed by atoms with E-state index < -0.39 is 10.7 Å². The molecule has 0 unspecified atom stereocenters. The number of anilines is 1. The fraction of sp³-hybridized carbons (Fsp3) is 0.682. The molecule has 0 atom stereocenters. The molecule has 1 aromatic carbocycles. The van der Waals surface area contributed by atoms with Gasteiger partial charge >= 0.3 is 5.97 Å². The van der Waals surface area contributed by atoms with Crippen LogP contribution < -0.4 is 4.90 Å². The summed E-state index contributed by atoms with van der Waals surface area (Å²) in [4.78, 5) is 26.6. The number of esters is 1. The van der Waals surface area contributed by atoms with Crippen molar-refractivity contribution in [3.8, 4) is 0 Å². The molecule has 7 nitrogen and oxygen atoms in total. The van der Waals surface area contributed by atoms with Crippen molar-refractivity contribution in [3.63, 3.8) is 0 Å². The number of nitro benzene ring substituents is 1. The van der Waals surface area contributed by atoms with Crippen molar-refractivity contribution < 1.29 is 18.8 Å². The van der Waals surface area contributed by atoms with Crippen LogP contribution in [0.2, 0.25) is 0 Å². The summed E-state index contributed by atoms with van der Waals surface area (Å²) in [5.74, 6) is 0.160. The minimum Gasteiger partial charge on any atom is -0.465 e. The van der Waals surface area contributed by atoms with Crippen LogP contribution in [-0.4, -0.2) is 54.6 Å². The lowest BCUT2D eigenvalue weighted by Crippen LogP contribution is -2.51. The van der Waals surface area contributed by atoms with Crippen LogP contribution in [0.3, 0.4) is 0 Å². The average molecular weight is 422 g/mol. The van der Waals surface area contributed by atoms with Gasteiger partial charge in [0.1, 0.15) is 0 Å². The molecule has 1 aliphatic heterocycles. The van der Waals surface area contributed by atoms with Crippen LogP contribution in [0.5, 0.6) is 0 Å². The van der Waals surface area contributed by atoms with Gasteiger partial charge in [-0.1, -0.05) is 13.8 Å². The number of rotatable bonds is 7. The summed E-state index contributed by atoms with van der Waals surface area (Å²) in [6, 6.07) is 4.37. The Morgan fingerprint density at radius 2 is 1.87 bits per heavy atom. The van der Waals surface area contributed by atoms with E-state index in [1.807, 2.05) is 18.7 Å². The summed E-state index contributed by atoms with van der Waals surface area (Å²) in [6.45, 7) is 7.67. The van der Waals surface area contributed by atoms with Gasteiger partial charge in [0.05, 0.1) is 23.3 Å². The Morgan fingerprint density at radius 3 is 2.43 bits per heavy atom. The predicted molar refractivity (Wildman–Crippen MR) is 113 cm³/mol. The van der Waals surface area contributed by atoms with Crippen LogP contribution in [-0.2, 0) is 9.53 Å². The normalized spacial score (nSPS) is 22.9. The van der Waals surface area contributed by atoms with E-state index in [4.69, 9.17) is 4.74 Å². The third kappa shape index (κ3) is 5.90. The Kier molecular flexibility index (Phi) is 7.64. The van der Waals surface area contributed by atoms with E-state index in [2.05, 4.69) is 4.90 Å². The number of benzene rings is 1. The van der Waals surface area contributed by atoms with Crippen molar-refractivity contribution in [1.29, 1.82) is 0 Å². The topological polar surface area (TPSA) is 75.9 Å². The molecule has 0 bridgehead atoms. The third-order valence-corrected chi connectivity index (χ3v) is 6.16. The molecule has 3 rings (SSSR count). The van der Waals surface area contributed by atoms with Gasteiger partial charge in [-0.25, -0.2) is 4.39 Å². The zero-order chi connectivity index (χ0) is 21.7. The zero-order valence-electron chi connectivity index (χ0n) is 17.9. The van der Waals surface area contributed by atoms with E-state index in [1.165, 1.54) is 12.1 Å². The van der Waals surface area contributed by atoms with E-state index in [9.17, 15) is 19.3 Å². The van der Waals surface area contributed by atoms with Gasteiger partial charge in [-0.2, -0.15) is 0 Å². The summed E-state index contributed by atoms with van der Waals surface area (Å²) >= 11 is 0. The van der Waals surface area contributed by atoms with Gasteiger partial charge in [0.2, 0.25) is 0 Å². The van der Waals surface area contributed by atoms with Gasteiger partial charge in [0, 0.05) is 44.7 Å². The first-order chi connectivity index (χ1) is 14.3. The molecule has 0 N–H and O–H groups in total. The van der Waals surface area contributed by atoms with Crippen LogP contribution in [0.1, 0.15) is 46.0 Å². The maximum absolute atomic E-state index is 14.3. The first-order valence-electron chi connectivity index (χ1n) is 10.9. The highest BCUT2D eigenvalue weighted by molar-refractivity contribution is 5.69. The lowest BCUT2D eigenvalue weighted by molar-refractivity contribution is -0.385. The van der Waals surface area contributed by atoms with Gasteiger partial charge in [-0.3, -0.25) is 19.8 Å². The number of nitro groups is 1. The molecule has 1 heterocycles. The summed E-state index contributed by atoms with van der Waals surface area (Å²) < 4.78 is 19.6. The maximum atomic E-state index is 14.3. The number of piperazine rings is 1. The highest BCUT2D eigenvalue weighted by atomic mass is 19.1. The number of ether oxygens (including phenoxy) is 1. The van der Waals surface area contributed by atoms with Crippen molar-refractivity contribution in [2.75, 3.05) is 37.7 Å². The molecule has 0 aromatic heterocycles. The van der Waals surface area contributed by atoms with Crippen molar-refractivity contribution in [2.45, 2.75) is 52.0 Å². The SMILES string of the molecule is CC(C)COC(=O)CC1CCC(N2CCN(c3ccc([N+](=O)[O-])cc3F)CC2)CC1. The summed E-state index contributed by atoms with van der Waals surface area (Å²) in [6.07, 6.45) is 4.76. The second-order valence-corrected chi connectivity index (χ2v) is 8.87. The van der Waals surface area contributed by atoms with Gasteiger partial charge in [0.25, 0.3) is 5.69 Å². The molecule has 8 heteroatoms. The Balaban J connectivity index is 1.43. The molecular formula is C22H32FN3O4.